The average molecular weight is 184 g/mol. The summed E-state index contributed by atoms with van der Waals surface area (Å²) in [4.78, 5) is 10.2. The molecule has 13 heavy (non-hydrogen) atoms. The first-order valence-electron chi connectivity index (χ1n) is 5.74. The molecule has 0 heterocycles. The van der Waals surface area contributed by atoms with E-state index in [1.165, 1.54) is 44.9 Å². The lowest BCUT2D eigenvalue weighted by Gasteiger charge is -2.06. The lowest BCUT2D eigenvalue weighted by Crippen LogP contribution is -1.95. The fraction of sp³-hybridized carbons (Fsp3) is 0.917. The van der Waals surface area contributed by atoms with Gasteiger partial charge in [-0.2, -0.15) is 0 Å². The van der Waals surface area contributed by atoms with Crippen LogP contribution in [0.4, 0.5) is 0 Å². The first kappa shape index (κ1) is 12.7. The van der Waals surface area contributed by atoms with Crippen molar-refractivity contribution in [3.63, 3.8) is 0 Å². The van der Waals surface area contributed by atoms with Gasteiger partial charge in [-0.3, -0.25) is 0 Å². The minimum atomic E-state index is 0.601. The maximum Gasteiger partial charge on any atom is 0.120 e. The van der Waals surface area contributed by atoms with E-state index in [2.05, 4.69) is 13.8 Å². The van der Waals surface area contributed by atoms with E-state index in [0.29, 0.717) is 5.92 Å². The lowest BCUT2D eigenvalue weighted by molar-refractivity contribution is -0.108. The van der Waals surface area contributed by atoms with Crippen LogP contribution in [0.15, 0.2) is 0 Å². The second kappa shape index (κ2) is 9.76. The van der Waals surface area contributed by atoms with Gasteiger partial charge in [0.25, 0.3) is 0 Å². The molecule has 1 nitrogen and oxygen atoms in total. The van der Waals surface area contributed by atoms with Crippen LogP contribution in [0.2, 0.25) is 0 Å². The minimum Gasteiger partial charge on any atom is -0.303 e. The molecule has 0 radical (unpaired) electrons. The Labute approximate surface area is 82.9 Å². The zero-order valence-corrected chi connectivity index (χ0v) is 9.22. The maximum atomic E-state index is 10.2. The molecule has 0 aromatic rings. The normalized spacial score (nSPS) is 12.8. The molecule has 0 fully saturated rings. The van der Waals surface area contributed by atoms with E-state index < -0.39 is 0 Å². The summed E-state index contributed by atoms with van der Waals surface area (Å²) in [6, 6.07) is 0. The van der Waals surface area contributed by atoms with Crippen molar-refractivity contribution in [2.24, 2.45) is 5.92 Å². The topological polar surface area (TPSA) is 17.1 Å². The van der Waals surface area contributed by atoms with Crippen molar-refractivity contribution in [3.8, 4) is 0 Å². The van der Waals surface area contributed by atoms with E-state index in [1.807, 2.05) is 0 Å². The second-order valence-corrected chi connectivity index (χ2v) is 4.06. The van der Waals surface area contributed by atoms with Crippen molar-refractivity contribution >= 4 is 6.29 Å². The zero-order valence-electron chi connectivity index (χ0n) is 9.22. The van der Waals surface area contributed by atoms with Crippen LogP contribution in [-0.4, -0.2) is 6.29 Å². The summed E-state index contributed by atoms with van der Waals surface area (Å²) < 4.78 is 0. The molecule has 1 atom stereocenters. The Morgan fingerprint density at radius 3 is 2.31 bits per heavy atom. The molecule has 0 amide bonds. The molecule has 0 saturated heterocycles. The Bertz CT molecular complexity index is 110. The molecule has 0 aliphatic rings. The second-order valence-electron chi connectivity index (χ2n) is 4.06. The predicted molar refractivity (Wildman–Crippen MR) is 57.8 cm³/mol. The standard InChI is InChI=1S/C12H24O/c1-3-4-5-6-7-8-9-12(2)10-11-13/h11-12H,3-10H2,1-2H3. The van der Waals surface area contributed by atoms with Gasteiger partial charge in [0.15, 0.2) is 0 Å². The van der Waals surface area contributed by atoms with Crippen LogP contribution < -0.4 is 0 Å². The summed E-state index contributed by atoms with van der Waals surface area (Å²) in [5, 5.41) is 0. The molecule has 0 aromatic heterocycles. The highest BCUT2D eigenvalue weighted by Gasteiger charge is 1.99. The Hall–Kier alpha value is -0.330. The molecule has 1 heteroatoms. The maximum absolute atomic E-state index is 10.2. The fourth-order valence-electron chi connectivity index (χ4n) is 1.56. The molecule has 78 valence electrons. The highest BCUT2D eigenvalue weighted by atomic mass is 16.1. The first-order valence-corrected chi connectivity index (χ1v) is 5.74. The van der Waals surface area contributed by atoms with E-state index in [0.717, 1.165) is 12.7 Å². The van der Waals surface area contributed by atoms with Crippen molar-refractivity contribution in [1.82, 2.24) is 0 Å². The van der Waals surface area contributed by atoms with E-state index in [-0.39, 0.29) is 0 Å². The average Bonchev–Trinajstić information content (AvgIpc) is 2.11. The number of aldehydes is 1. The van der Waals surface area contributed by atoms with Gasteiger partial charge in [0.05, 0.1) is 0 Å². The van der Waals surface area contributed by atoms with Crippen LogP contribution in [-0.2, 0) is 4.79 Å². The fourth-order valence-corrected chi connectivity index (χ4v) is 1.56. The van der Waals surface area contributed by atoms with Gasteiger partial charge in [0.1, 0.15) is 6.29 Å². The first-order chi connectivity index (χ1) is 6.31. The lowest BCUT2D eigenvalue weighted by atomic mass is 10.00. The van der Waals surface area contributed by atoms with Crippen molar-refractivity contribution in [2.75, 3.05) is 0 Å². The van der Waals surface area contributed by atoms with Crippen LogP contribution in [0, 0.1) is 5.92 Å². The van der Waals surface area contributed by atoms with E-state index >= 15 is 0 Å². The molecular formula is C12H24O. The van der Waals surface area contributed by atoms with Gasteiger partial charge in [0.2, 0.25) is 0 Å². The number of carbonyl (C=O) groups excluding carboxylic acids is 1. The molecular weight excluding hydrogens is 160 g/mol. The van der Waals surface area contributed by atoms with E-state index in [4.69, 9.17) is 0 Å². The Balaban J connectivity index is 3.01. The van der Waals surface area contributed by atoms with Gasteiger partial charge in [0, 0.05) is 6.42 Å². The largest absolute Gasteiger partial charge is 0.303 e. The van der Waals surface area contributed by atoms with Gasteiger partial charge in [-0.05, 0) is 5.92 Å². The van der Waals surface area contributed by atoms with Gasteiger partial charge in [-0.15, -0.1) is 0 Å². The van der Waals surface area contributed by atoms with Gasteiger partial charge in [-0.25, -0.2) is 0 Å². The number of hydrogen-bond acceptors (Lipinski definition) is 1. The molecule has 0 bridgehead atoms. The number of rotatable bonds is 9. The molecule has 1 unspecified atom stereocenters. The monoisotopic (exact) mass is 184 g/mol. The van der Waals surface area contributed by atoms with Gasteiger partial charge in [-0.1, -0.05) is 58.8 Å². The zero-order chi connectivity index (χ0) is 9.94. The smallest absolute Gasteiger partial charge is 0.120 e. The van der Waals surface area contributed by atoms with Crippen LogP contribution in [0.1, 0.15) is 65.2 Å². The molecule has 0 aromatic carbocycles. The summed E-state index contributed by atoms with van der Waals surface area (Å²) in [6.45, 7) is 4.41. The molecule has 0 aliphatic carbocycles. The molecule has 0 saturated carbocycles. The molecule has 0 rings (SSSR count). The van der Waals surface area contributed by atoms with Crippen molar-refractivity contribution in [1.29, 1.82) is 0 Å². The van der Waals surface area contributed by atoms with E-state index in [9.17, 15) is 4.79 Å². The van der Waals surface area contributed by atoms with Gasteiger partial charge < -0.3 is 4.79 Å². The summed E-state index contributed by atoms with van der Waals surface area (Å²) in [6.07, 6.45) is 11.1. The predicted octanol–water partition coefficient (Wildman–Crippen LogP) is 3.96. The van der Waals surface area contributed by atoms with Crippen LogP contribution in [0.3, 0.4) is 0 Å². The third-order valence-electron chi connectivity index (χ3n) is 2.55. The van der Waals surface area contributed by atoms with E-state index in [1.54, 1.807) is 0 Å². The highest BCUT2D eigenvalue weighted by Crippen LogP contribution is 2.13. The molecule has 0 aliphatic heterocycles. The Morgan fingerprint density at radius 1 is 1.08 bits per heavy atom. The Morgan fingerprint density at radius 2 is 1.69 bits per heavy atom. The van der Waals surface area contributed by atoms with Crippen molar-refractivity contribution < 1.29 is 4.79 Å². The molecule has 0 spiro atoms. The Kier molecular flexibility index (Phi) is 9.51. The van der Waals surface area contributed by atoms with Crippen LogP contribution >= 0.6 is 0 Å². The van der Waals surface area contributed by atoms with Crippen LogP contribution in [0.25, 0.3) is 0 Å². The van der Waals surface area contributed by atoms with Crippen molar-refractivity contribution in [3.05, 3.63) is 0 Å². The quantitative estimate of drug-likeness (QED) is 0.391. The summed E-state index contributed by atoms with van der Waals surface area (Å²) in [5.41, 5.74) is 0. The summed E-state index contributed by atoms with van der Waals surface area (Å²) in [7, 11) is 0. The number of unbranched alkanes of at least 4 members (excludes halogenated alkanes) is 5. The highest BCUT2D eigenvalue weighted by molar-refractivity contribution is 5.49. The summed E-state index contributed by atoms with van der Waals surface area (Å²) >= 11 is 0. The third kappa shape index (κ3) is 9.59. The van der Waals surface area contributed by atoms with Gasteiger partial charge >= 0.3 is 0 Å². The number of hydrogen-bond donors (Lipinski definition) is 0. The number of carbonyl (C=O) groups is 1. The minimum absolute atomic E-state index is 0.601. The third-order valence-corrected chi connectivity index (χ3v) is 2.55. The molecule has 0 N–H and O–H groups in total. The SMILES string of the molecule is CCCCCCCCC(C)CC=O. The summed E-state index contributed by atoms with van der Waals surface area (Å²) in [5.74, 6) is 0.601. The van der Waals surface area contributed by atoms with Crippen molar-refractivity contribution in [2.45, 2.75) is 65.2 Å². The van der Waals surface area contributed by atoms with Crippen LogP contribution in [0.5, 0.6) is 0 Å².